The van der Waals surface area contributed by atoms with Crippen LogP contribution in [0.1, 0.15) is 6.42 Å². The van der Waals surface area contributed by atoms with Crippen molar-refractivity contribution in [1.82, 2.24) is 0 Å². The van der Waals surface area contributed by atoms with Gasteiger partial charge in [0.2, 0.25) is 0 Å². The molecule has 0 amide bonds. The van der Waals surface area contributed by atoms with E-state index in [0.29, 0.717) is 25.4 Å². The van der Waals surface area contributed by atoms with Crippen molar-refractivity contribution in [3.8, 4) is 5.75 Å². The Hall–Kier alpha value is -1.15. The molecule has 0 saturated heterocycles. The number of sulfone groups is 1. The van der Waals surface area contributed by atoms with Crippen molar-refractivity contribution < 1.29 is 27.7 Å². The lowest BCUT2D eigenvalue weighted by Crippen LogP contribution is -2.55. The molecular formula is C14H20O6S. The Labute approximate surface area is 124 Å². The van der Waals surface area contributed by atoms with Crippen molar-refractivity contribution in [3.63, 3.8) is 0 Å². The molecular weight excluding hydrogens is 296 g/mol. The van der Waals surface area contributed by atoms with E-state index in [1.165, 1.54) is 12.1 Å². The van der Waals surface area contributed by atoms with Gasteiger partial charge in [0.15, 0.2) is 9.84 Å². The van der Waals surface area contributed by atoms with Crippen molar-refractivity contribution in [2.75, 3.05) is 26.6 Å². The largest absolute Gasteiger partial charge is 0.487 e. The second-order valence-electron chi connectivity index (χ2n) is 5.03. The number of hydrogen-bond donors (Lipinski definition) is 1. The molecule has 1 N–H and O–H groups in total. The lowest BCUT2D eigenvalue weighted by atomic mass is 9.88. The van der Waals surface area contributed by atoms with Crippen LogP contribution in [0, 0.1) is 0 Å². The number of aliphatic hydroxyl groups excluding tert-OH is 1. The molecule has 3 atom stereocenters. The first-order chi connectivity index (χ1) is 9.91. The molecule has 1 aliphatic carbocycles. The average molecular weight is 316 g/mol. The van der Waals surface area contributed by atoms with Gasteiger partial charge in [0.05, 0.1) is 24.2 Å². The predicted octanol–water partition coefficient (Wildman–Crippen LogP) is 0.634. The molecule has 3 unspecified atom stereocenters. The second kappa shape index (κ2) is 6.74. The van der Waals surface area contributed by atoms with E-state index in [9.17, 15) is 13.5 Å². The van der Waals surface area contributed by atoms with Gasteiger partial charge in [-0.3, -0.25) is 0 Å². The van der Waals surface area contributed by atoms with E-state index in [-0.39, 0.29) is 11.0 Å². The number of ether oxygens (including phenoxy) is 3. The number of benzene rings is 1. The zero-order chi connectivity index (χ0) is 15.5. The summed E-state index contributed by atoms with van der Waals surface area (Å²) in [5.41, 5.74) is 0. The molecule has 1 fully saturated rings. The highest BCUT2D eigenvalue weighted by Gasteiger charge is 2.42. The molecule has 118 valence electrons. The van der Waals surface area contributed by atoms with Crippen molar-refractivity contribution >= 4 is 9.84 Å². The summed E-state index contributed by atoms with van der Waals surface area (Å²) in [6, 6.07) is 6.31. The van der Waals surface area contributed by atoms with Crippen LogP contribution in [0.25, 0.3) is 0 Å². The van der Waals surface area contributed by atoms with Gasteiger partial charge < -0.3 is 19.3 Å². The number of methoxy groups -OCH3 is 1. The van der Waals surface area contributed by atoms with Crippen molar-refractivity contribution in [3.05, 3.63) is 24.3 Å². The molecule has 0 heterocycles. The van der Waals surface area contributed by atoms with Crippen LogP contribution in [0.3, 0.4) is 0 Å². The Morgan fingerprint density at radius 3 is 2.71 bits per heavy atom. The summed E-state index contributed by atoms with van der Waals surface area (Å²) in [5, 5.41) is 9.70. The van der Waals surface area contributed by atoms with Gasteiger partial charge >= 0.3 is 0 Å². The molecule has 0 aliphatic heterocycles. The first-order valence-corrected chi connectivity index (χ1v) is 8.56. The van der Waals surface area contributed by atoms with Crippen molar-refractivity contribution in [2.45, 2.75) is 29.6 Å². The van der Waals surface area contributed by atoms with E-state index in [0.717, 1.165) is 6.26 Å². The van der Waals surface area contributed by atoms with E-state index in [1.54, 1.807) is 19.2 Å². The van der Waals surface area contributed by atoms with E-state index in [1.807, 2.05) is 0 Å². The van der Waals surface area contributed by atoms with Crippen LogP contribution in [0.4, 0.5) is 0 Å². The molecule has 0 bridgehead atoms. The molecule has 2 rings (SSSR count). The average Bonchev–Trinajstić information content (AvgIpc) is 2.42. The SMILES string of the molecule is COCCOC1C(O)CC1Oc1cccc(S(C)(=O)=O)c1. The Bertz CT molecular complexity index is 571. The maximum Gasteiger partial charge on any atom is 0.175 e. The molecule has 0 aromatic heterocycles. The van der Waals surface area contributed by atoms with E-state index in [2.05, 4.69) is 0 Å². The van der Waals surface area contributed by atoms with Crippen LogP contribution in [0.5, 0.6) is 5.75 Å². The maximum atomic E-state index is 11.5. The molecule has 1 saturated carbocycles. The Kier molecular flexibility index (Phi) is 5.21. The van der Waals surface area contributed by atoms with Crippen molar-refractivity contribution in [1.29, 1.82) is 0 Å². The Morgan fingerprint density at radius 2 is 2.10 bits per heavy atom. The molecule has 1 aromatic rings. The molecule has 21 heavy (non-hydrogen) atoms. The fourth-order valence-corrected chi connectivity index (χ4v) is 2.77. The molecule has 7 heteroatoms. The van der Waals surface area contributed by atoms with Gasteiger partial charge in [0, 0.05) is 19.8 Å². The fourth-order valence-electron chi connectivity index (χ4n) is 2.11. The standard InChI is InChI=1S/C14H20O6S/c1-18-6-7-19-14-12(15)9-13(14)20-10-4-3-5-11(8-10)21(2,16)17/h3-5,8,12-15H,6-7,9H2,1-2H3. The van der Waals surface area contributed by atoms with Gasteiger partial charge in [-0.2, -0.15) is 0 Å². The fraction of sp³-hybridized carbons (Fsp3) is 0.571. The van der Waals surface area contributed by atoms with E-state index in [4.69, 9.17) is 14.2 Å². The third-order valence-corrected chi connectivity index (χ3v) is 4.45. The molecule has 0 spiro atoms. The highest BCUT2D eigenvalue weighted by atomic mass is 32.2. The second-order valence-corrected chi connectivity index (χ2v) is 7.05. The number of aliphatic hydroxyl groups is 1. The van der Waals surface area contributed by atoms with Crippen LogP contribution in [0.2, 0.25) is 0 Å². The van der Waals surface area contributed by atoms with E-state index < -0.39 is 22.0 Å². The van der Waals surface area contributed by atoms with Gasteiger partial charge in [0.25, 0.3) is 0 Å². The predicted molar refractivity (Wildman–Crippen MR) is 76.2 cm³/mol. The molecule has 1 aliphatic rings. The van der Waals surface area contributed by atoms with Crippen LogP contribution in [-0.4, -0.2) is 58.4 Å². The van der Waals surface area contributed by atoms with Gasteiger partial charge in [-0.15, -0.1) is 0 Å². The third-order valence-electron chi connectivity index (χ3n) is 3.34. The third kappa shape index (κ3) is 4.16. The highest BCUT2D eigenvalue weighted by Crippen LogP contribution is 2.29. The quantitative estimate of drug-likeness (QED) is 0.743. The summed E-state index contributed by atoms with van der Waals surface area (Å²) in [5.74, 6) is 0.454. The topological polar surface area (TPSA) is 82.1 Å². The van der Waals surface area contributed by atoms with Crippen LogP contribution in [-0.2, 0) is 19.3 Å². The van der Waals surface area contributed by atoms with Crippen LogP contribution >= 0.6 is 0 Å². The number of rotatable bonds is 7. The summed E-state index contributed by atoms with van der Waals surface area (Å²) in [7, 11) is -1.69. The lowest BCUT2D eigenvalue weighted by molar-refractivity contribution is -0.167. The monoisotopic (exact) mass is 316 g/mol. The first-order valence-electron chi connectivity index (χ1n) is 6.67. The van der Waals surface area contributed by atoms with Gasteiger partial charge in [-0.05, 0) is 18.2 Å². The van der Waals surface area contributed by atoms with Crippen LogP contribution in [0.15, 0.2) is 29.2 Å². The zero-order valence-corrected chi connectivity index (χ0v) is 12.9. The minimum absolute atomic E-state index is 0.205. The Morgan fingerprint density at radius 1 is 1.33 bits per heavy atom. The van der Waals surface area contributed by atoms with Gasteiger partial charge in [0.1, 0.15) is 18.0 Å². The molecule has 0 radical (unpaired) electrons. The first kappa shape index (κ1) is 16.2. The Balaban J connectivity index is 1.98. The maximum absolute atomic E-state index is 11.5. The smallest absolute Gasteiger partial charge is 0.175 e. The summed E-state index contributed by atoms with van der Waals surface area (Å²) >= 11 is 0. The lowest BCUT2D eigenvalue weighted by Gasteiger charge is -2.40. The molecule has 6 nitrogen and oxygen atoms in total. The van der Waals surface area contributed by atoms with Gasteiger partial charge in [-0.25, -0.2) is 8.42 Å². The minimum Gasteiger partial charge on any atom is -0.487 e. The van der Waals surface area contributed by atoms with E-state index >= 15 is 0 Å². The minimum atomic E-state index is -3.27. The van der Waals surface area contributed by atoms with Crippen molar-refractivity contribution in [2.24, 2.45) is 0 Å². The van der Waals surface area contributed by atoms with Gasteiger partial charge in [-0.1, -0.05) is 6.07 Å². The summed E-state index contributed by atoms with van der Waals surface area (Å²) in [4.78, 5) is 0.205. The zero-order valence-electron chi connectivity index (χ0n) is 12.1. The van der Waals surface area contributed by atoms with Crippen LogP contribution < -0.4 is 4.74 Å². The normalized spacial score (nSPS) is 25.4. The number of hydrogen-bond acceptors (Lipinski definition) is 6. The summed E-state index contributed by atoms with van der Waals surface area (Å²) < 4.78 is 39.1. The molecule has 1 aromatic carbocycles. The summed E-state index contributed by atoms with van der Waals surface area (Å²) in [6.07, 6.45) is 0.343. The summed E-state index contributed by atoms with van der Waals surface area (Å²) in [6.45, 7) is 0.820. The highest BCUT2D eigenvalue weighted by molar-refractivity contribution is 7.90.